The number of carbonyl (C=O) groups is 1. The van der Waals surface area contributed by atoms with Crippen LogP contribution in [0.5, 0.6) is 0 Å². The zero-order chi connectivity index (χ0) is 17.6. The molecule has 2 aromatic carbocycles. The lowest BCUT2D eigenvalue weighted by molar-refractivity contribution is -0.118. The molecule has 132 valence electrons. The number of para-hydroxylation sites is 1. The third-order valence-electron chi connectivity index (χ3n) is 4.85. The second-order valence-corrected chi connectivity index (χ2v) is 6.56. The number of nitrogens with zero attached hydrogens (tertiary/aromatic N) is 2. The molecule has 4 heteroatoms. The molecule has 2 aromatic rings. The molecule has 3 rings (SSSR count). The first kappa shape index (κ1) is 17.3. The minimum atomic E-state index is 0.149. The van der Waals surface area contributed by atoms with E-state index in [-0.39, 0.29) is 5.91 Å². The Morgan fingerprint density at radius 2 is 1.84 bits per heavy atom. The van der Waals surface area contributed by atoms with Crippen LogP contribution in [0.2, 0.25) is 0 Å². The molecule has 0 aliphatic carbocycles. The lowest BCUT2D eigenvalue weighted by Gasteiger charge is -2.22. The minimum Gasteiger partial charge on any atom is -0.397 e. The van der Waals surface area contributed by atoms with E-state index < -0.39 is 0 Å². The summed E-state index contributed by atoms with van der Waals surface area (Å²) in [5, 5.41) is 0. The van der Waals surface area contributed by atoms with Crippen molar-refractivity contribution in [1.29, 1.82) is 0 Å². The molecule has 1 fully saturated rings. The van der Waals surface area contributed by atoms with Crippen molar-refractivity contribution in [2.45, 2.75) is 32.6 Å². The first-order valence-corrected chi connectivity index (χ1v) is 9.18. The molecule has 0 spiro atoms. The average molecular weight is 337 g/mol. The molecule has 0 unspecified atom stereocenters. The van der Waals surface area contributed by atoms with E-state index in [4.69, 9.17) is 5.73 Å². The van der Waals surface area contributed by atoms with Crippen LogP contribution in [0.15, 0.2) is 48.5 Å². The smallest absolute Gasteiger partial charge is 0.227 e. The molecular formula is C21H27N3O. The van der Waals surface area contributed by atoms with Gasteiger partial charge in [-0.05, 0) is 56.0 Å². The van der Waals surface area contributed by atoms with E-state index in [2.05, 4.69) is 17.0 Å². The fourth-order valence-corrected chi connectivity index (χ4v) is 3.50. The van der Waals surface area contributed by atoms with Crippen LogP contribution in [0.1, 0.15) is 31.7 Å². The number of rotatable bonds is 6. The number of nitrogen functional groups attached to an aromatic ring is 1. The lowest BCUT2D eigenvalue weighted by atomic mass is 10.1. The third kappa shape index (κ3) is 4.13. The van der Waals surface area contributed by atoms with Gasteiger partial charge in [0.05, 0.1) is 11.4 Å². The number of benzene rings is 2. The summed E-state index contributed by atoms with van der Waals surface area (Å²) in [5.41, 5.74) is 10.3. The normalized spacial score (nSPS) is 13.9. The van der Waals surface area contributed by atoms with Gasteiger partial charge in [0.15, 0.2) is 0 Å². The second kappa shape index (κ2) is 8.06. The maximum absolute atomic E-state index is 12.6. The van der Waals surface area contributed by atoms with Gasteiger partial charge in [0.1, 0.15) is 0 Å². The van der Waals surface area contributed by atoms with Gasteiger partial charge in [-0.15, -0.1) is 0 Å². The molecule has 0 bridgehead atoms. The van der Waals surface area contributed by atoms with E-state index in [9.17, 15) is 4.79 Å². The summed E-state index contributed by atoms with van der Waals surface area (Å²) in [4.78, 5) is 16.8. The summed E-state index contributed by atoms with van der Waals surface area (Å²) in [6.45, 7) is 4.86. The summed E-state index contributed by atoms with van der Waals surface area (Å²) < 4.78 is 0. The first-order chi connectivity index (χ1) is 12.2. The van der Waals surface area contributed by atoms with Crippen LogP contribution in [0.3, 0.4) is 0 Å². The van der Waals surface area contributed by atoms with Gasteiger partial charge in [-0.2, -0.15) is 0 Å². The summed E-state index contributed by atoms with van der Waals surface area (Å²) >= 11 is 0. The molecule has 25 heavy (non-hydrogen) atoms. The van der Waals surface area contributed by atoms with Crippen molar-refractivity contribution in [2.24, 2.45) is 0 Å². The van der Waals surface area contributed by atoms with Gasteiger partial charge < -0.3 is 15.5 Å². The number of amides is 1. The maximum atomic E-state index is 12.6. The summed E-state index contributed by atoms with van der Waals surface area (Å²) in [6.07, 6.45) is 3.68. The standard InChI is InChI=1S/C21H27N3O/c1-2-24(18-8-4-3-5-9-18)21(25)13-11-17-10-12-20(19(22)16-17)23-14-6-7-15-23/h3-5,8-10,12,16H,2,6-7,11,13-15,22H2,1H3. The van der Waals surface area contributed by atoms with Crippen LogP contribution in [0, 0.1) is 0 Å². The molecule has 4 nitrogen and oxygen atoms in total. The summed E-state index contributed by atoms with van der Waals surface area (Å²) in [6, 6.07) is 16.1. The van der Waals surface area contributed by atoms with Crippen LogP contribution >= 0.6 is 0 Å². The van der Waals surface area contributed by atoms with Crippen molar-refractivity contribution in [1.82, 2.24) is 0 Å². The summed E-state index contributed by atoms with van der Waals surface area (Å²) in [7, 11) is 0. The molecule has 1 amide bonds. The van der Waals surface area contributed by atoms with Gasteiger partial charge in [-0.3, -0.25) is 4.79 Å². The Labute approximate surface area is 150 Å². The molecule has 1 heterocycles. The van der Waals surface area contributed by atoms with E-state index in [1.165, 1.54) is 12.8 Å². The molecule has 1 aliphatic rings. The van der Waals surface area contributed by atoms with Crippen molar-refractivity contribution in [3.05, 3.63) is 54.1 Å². The highest BCUT2D eigenvalue weighted by Crippen LogP contribution is 2.28. The van der Waals surface area contributed by atoms with Crippen molar-refractivity contribution in [3.63, 3.8) is 0 Å². The predicted octanol–water partition coefficient (Wildman–Crippen LogP) is 3.85. The van der Waals surface area contributed by atoms with Gasteiger partial charge in [0, 0.05) is 31.7 Å². The molecule has 0 aromatic heterocycles. The third-order valence-corrected chi connectivity index (χ3v) is 4.85. The van der Waals surface area contributed by atoms with Crippen molar-refractivity contribution >= 4 is 23.0 Å². The minimum absolute atomic E-state index is 0.149. The zero-order valence-electron chi connectivity index (χ0n) is 14.9. The largest absolute Gasteiger partial charge is 0.397 e. The topological polar surface area (TPSA) is 49.6 Å². The van der Waals surface area contributed by atoms with Crippen LogP contribution < -0.4 is 15.5 Å². The first-order valence-electron chi connectivity index (χ1n) is 9.18. The zero-order valence-corrected chi connectivity index (χ0v) is 14.9. The molecular weight excluding hydrogens is 310 g/mol. The van der Waals surface area contributed by atoms with Crippen LogP contribution in [0.25, 0.3) is 0 Å². The molecule has 0 radical (unpaired) electrons. The number of nitrogens with two attached hydrogens (primary N) is 1. The van der Waals surface area contributed by atoms with Crippen LogP contribution in [-0.2, 0) is 11.2 Å². The van der Waals surface area contributed by atoms with E-state index in [1.807, 2.05) is 48.2 Å². The van der Waals surface area contributed by atoms with Gasteiger partial charge in [0.25, 0.3) is 0 Å². The van der Waals surface area contributed by atoms with E-state index in [0.717, 1.165) is 35.7 Å². The van der Waals surface area contributed by atoms with Crippen molar-refractivity contribution in [2.75, 3.05) is 35.2 Å². The van der Waals surface area contributed by atoms with E-state index >= 15 is 0 Å². The van der Waals surface area contributed by atoms with Gasteiger partial charge >= 0.3 is 0 Å². The van der Waals surface area contributed by atoms with Crippen molar-refractivity contribution < 1.29 is 4.79 Å². The Morgan fingerprint density at radius 3 is 2.48 bits per heavy atom. The Bertz CT molecular complexity index is 708. The Morgan fingerprint density at radius 1 is 1.12 bits per heavy atom. The van der Waals surface area contributed by atoms with Gasteiger partial charge in [-0.1, -0.05) is 24.3 Å². The molecule has 1 aliphatic heterocycles. The summed E-state index contributed by atoms with van der Waals surface area (Å²) in [5.74, 6) is 0.149. The van der Waals surface area contributed by atoms with E-state index in [0.29, 0.717) is 19.4 Å². The number of anilines is 3. The van der Waals surface area contributed by atoms with Gasteiger partial charge in [0.2, 0.25) is 5.91 Å². The highest BCUT2D eigenvalue weighted by atomic mass is 16.2. The SMILES string of the molecule is CCN(C(=O)CCc1ccc(N2CCCC2)c(N)c1)c1ccccc1. The van der Waals surface area contributed by atoms with Crippen LogP contribution in [0.4, 0.5) is 17.1 Å². The monoisotopic (exact) mass is 337 g/mol. The number of hydrogen-bond acceptors (Lipinski definition) is 3. The average Bonchev–Trinajstić information content (AvgIpc) is 3.16. The quantitative estimate of drug-likeness (QED) is 0.815. The highest BCUT2D eigenvalue weighted by molar-refractivity contribution is 5.93. The fourth-order valence-electron chi connectivity index (χ4n) is 3.50. The Kier molecular flexibility index (Phi) is 5.59. The highest BCUT2D eigenvalue weighted by Gasteiger charge is 2.16. The van der Waals surface area contributed by atoms with Gasteiger partial charge in [-0.25, -0.2) is 0 Å². The van der Waals surface area contributed by atoms with E-state index in [1.54, 1.807) is 0 Å². The van der Waals surface area contributed by atoms with Crippen LogP contribution in [-0.4, -0.2) is 25.5 Å². The number of carbonyl (C=O) groups excluding carboxylic acids is 1. The fraction of sp³-hybridized carbons (Fsp3) is 0.381. The number of aryl methyl sites for hydroxylation is 1. The Hall–Kier alpha value is -2.49. The number of hydrogen-bond donors (Lipinski definition) is 1. The second-order valence-electron chi connectivity index (χ2n) is 6.56. The maximum Gasteiger partial charge on any atom is 0.227 e. The predicted molar refractivity (Wildman–Crippen MR) is 105 cm³/mol. The molecule has 0 saturated carbocycles. The van der Waals surface area contributed by atoms with Crippen molar-refractivity contribution in [3.8, 4) is 0 Å². The molecule has 2 N–H and O–H groups in total. The molecule has 1 saturated heterocycles. The molecule has 0 atom stereocenters. The Balaban J connectivity index is 1.62. The lowest BCUT2D eigenvalue weighted by Crippen LogP contribution is -2.30.